The van der Waals surface area contributed by atoms with Crippen LogP contribution >= 0.6 is 35.7 Å². The van der Waals surface area contributed by atoms with Crippen LogP contribution in [0.4, 0.5) is 4.39 Å². The molecule has 1 atom stereocenters. The molecule has 1 aliphatic heterocycles. The van der Waals surface area contributed by atoms with Crippen molar-refractivity contribution in [3.63, 3.8) is 0 Å². The molecule has 1 fully saturated rings. The van der Waals surface area contributed by atoms with E-state index in [1.54, 1.807) is 6.07 Å². The van der Waals surface area contributed by atoms with Crippen molar-refractivity contribution in [2.75, 3.05) is 32.4 Å². The quantitative estimate of drug-likeness (QED) is 0.445. The maximum atomic E-state index is 13.6. The van der Waals surface area contributed by atoms with E-state index in [2.05, 4.69) is 22.1 Å². The van der Waals surface area contributed by atoms with Gasteiger partial charge in [0.25, 0.3) is 0 Å². The van der Waals surface area contributed by atoms with E-state index >= 15 is 0 Å². The van der Waals surface area contributed by atoms with E-state index in [9.17, 15) is 4.39 Å². The lowest BCUT2D eigenvalue weighted by Crippen LogP contribution is -2.48. The number of hydrogen-bond acceptors (Lipinski definition) is 2. The highest BCUT2D eigenvalue weighted by Crippen LogP contribution is 2.20. The highest BCUT2D eigenvalue weighted by molar-refractivity contribution is 14.0. The van der Waals surface area contributed by atoms with Gasteiger partial charge in [0.2, 0.25) is 0 Å². The third-order valence-corrected chi connectivity index (χ3v) is 5.11. The fraction of sp³-hybridized carbons (Fsp3) is 0.562. The van der Waals surface area contributed by atoms with Gasteiger partial charge in [0.1, 0.15) is 5.82 Å². The minimum Gasteiger partial charge on any atom is -0.356 e. The second kappa shape index (κ2) is 10.3. The summed E-state index contributed by atoms with van der Waals surface area (Å²) in [5, 5.41) is 4.04. The predicted octanol–water partition coefficient (Wildman–Crippen LogP) is 3.39. The molecule has 0 amide bonds. The van der Waals surface area contributed by atoms with Gasteiger partial charge in [-0.1, -0.05) is 25.1 Å². The first-order chi connectivity index (χ1) is 10.2. The second-order valence-electron chi connectivity index (χ2n) is 5.16. The lowest BCUT2D eigenvalue weighted by Gasteiger charge is -2.34. The van der Waals surface area contributed by atoms with Gasteiger partial charge in [-0.25, -0.2) is 4.39 Å². The summed E-state index contributed by atoms with van der Waals surface area (Å²) in [5.41, 5.74) is 0.751. The van der Waals surface area contributed by atoms with Gasteiger partial charge in [0, 0.05) is 37.7 Å². The van der Waals surface area contributed by atoms with Crippen LogP contribution in [0.25, 0.3) is 0 Å². The second-order valence-corrected chi connectivity index (χ2v) is 6.57. The number of benzene rings is 1. The van der Waals surface area contributed by atoms with Crippen molar-refractivity contribution in [2.24, 2.45) is 4.99 Å². The smallest absolute Gasteiger partial charge is 0.193 e. The Morgan fingerprint density at radius 1 is 1.45 bits per heavy atom. The zero-order valence-corrected chi connectivity index (χ0v) is 16.4. The number of nitrogens with zero attached hydrogens (tertiary/aromatic N) is 2. The van der Waals surface area contributed by atoms with Crippen molar-refractivity contribution in [2.45, 2.75) is 25.0 Å². The van der Waals surface area contributed by atoms with Crippen LogP contribution in [0.2, 0.25) is 0 Å². The highest BCUT2D eigenvalue weighted by Gasteiger charge is 2.21. The summed E-state index contributed by atoms with van der Waals surface area (Å²) in [6, 6.07) is 6.95. The largest absolute Gasteiger partial charge is 0.356 e. The zero-order chi connectivity index (χ0) is 15.1. The Balaban J connectivity index is 0.00000242. The maximum absolute atomic E-state index is 13.6. The van der Waals surface area contributed by atoms with Gasteiger partial charge in [0.05, 0.1) is 0 Å². The summed E-state index contributed by atoms with van der Waals surface area (Å²) in [4.78, 5) is 6.67. The van der Waals surface area contributed by atoms with Gasteiger partial charge in [0.15, 0.2) is 5.96 Å². The van der Waals surface area contributed by atoms with Crippen molar-refractivity contribution < 1.29 is 4.39 Å². The van der Waals surface area contributed by atoms with Gasteiger partial charge in [-0.2, -0.15) is 11.8 Å². The monoisotopic (exact) mass is 437 g/mol. The minimum atomic E-state index is -0.130. The molecular weight excluding hydrogens is 412 g/mol. The molecule has 0 saturated carbocycles. The summed E-state index contributed by atoms with van der Waals surface area (Å²) >= 11 is 2.04. The first kappa shape index (κ1) is 19.5. The summed E-state index contributed by atoms with van der Waals surface area (Å²) in [6.07, 6.45) is 1.86. The van der Waals surface area contributed by atoms with Crippen LogP contribution in [-0.2, 0) is 6.42 Å². The van der Waals surface area contributed by atoms with Crippen LogP contribution in [0.1, 0.15) is 18.9 Å². The van der Waals surface area contributed by atoms with E-state index in [4.69, 9.17) is 0 Å². The van der Waals surface area contributed by atoms with Gasteiger partial charge < -0.3 is 10.2 Å². The molecule has 1 aliphatic rings. The van der Waals surface area contributed by atoms with Crippen LogP contribution < -0.4 is 5.32 Å². The highest BCUT2D eigenvalue weighted by atomic mass is 127. The molecular formula is C16H25FIN3S. The topological polar surface area (TPSA) is 27.6 Å². The number of hydrogen-bond donors (Lipinski definition) is 1. The molecule has 3 nitrogen and oxygen atoms in total. The lowest BCUT2D eigenvalue weighted by atomic mass is 10.1. The molecule has 1 unspecified atom stereocenters. The number of rotatable bonds is 4. The molecule has 0 bridgehead atoms. The van der Waals surface area contributed by atoms with E-state index in [1.807, 2.05) is 30.9 Å². The van der Waals surface area contributed by atoms with Gasteiger partial charge in [-0.3, -0.25) is 4.99 Å². The van der Waals surface area contributed by atoms with Gasteiger partial charge in [-0.15, -0.1) is 24.0 Å². The summed E-state index contributed by atoms with van der Waals surface area (Å²) in [6.45, 7) is 5.00. The molecule has 124 valence electrons. The van der Waals surface area contributed by atoms with Crippen molar-refractivity contribution in [3.8, 4) is 0 Å². The van der Waals surface area contributed by atoms with E-state index in [-0.39, 0.29) is 29.8 Å². The molecule has 1 aromatic rings. The third kappa shape index (κ3) is 5.61. The molecule has 0 aliphatic carbocycles. The molecule has 1 heterocycles. The number of guanidine groups is 1. The maximum Gasteiger partial charge on any atom is 0.193 e. The molecule has 0 radical (unpaired) electrons. The first-order valence-corrected chi connectivity index (χ1v) is 8.60. The van der Waals surface area contributed by atoms with Crippen molar-refractivity contribution in [3.05, 3.63) is 35.6 Å². The molecule has 22 heavy (non-hydrogen) atoms. The van der Waals surface area contributed by atoms with Crippen molar-refractivity contribution in [1.82, 2.24) is 10.2 Å². The average Bonchev–Trinajstić information content (AvgIpc) is 2.53. The molecule has 2 rings (SSSR count). The Morgan fingerprint density at radius 3 is 2.91 bits per heavy atom. The van der Waals surface area contributed by atoms with Crippen LogP contribution in [-0.4, -0.2) is 48.5 Å². The molecule has 1 N–H and O–H groups in total. The summed E-state index contributed by atoms with van der Waals surface area (Å²) < 4.78 is 13.6. The van der Waals surface area contributed by atoms with Crippen molar-refractivity contribution in [1.29, 1.82) is 0 Å². The lowest BCUT2D eigenvalue weighted by molar-refractivity contribution is 0.408. The van der Waals surface area contributed by atoms with Crippen LogP contribution in [0.3, 0.4) is 0 Å². The molecule has 6 heteroatoms. The molecule has 0 aromatic heterocycles. The van der Waals surface area contributed by atoms with E-state index in [0.29, 0.717) is 18.2 Å². The zero-order valence-electron chi connectivity index (χ0n) is 13.2. The van der Waals surface area contributed by atoms with E-state index in [0.717, 1.165) is 30.4 Å². The Labute approximate surface area is 154 Å². The van der Waals surface area contributed by atoms with Crippen LogP contribution in [0, 0.1) is 5.82 Å². The Bertz CT molecular complexity index is 484. The number of aliphatic imine (C=N–C) groups is 1. The van der Waals surface area contributed by atoms with Crippen LogP contribution in [0.5, 0.6) is 0 Å². The Hall–Kier alpha value is -0.500. The molecule has 0 spiro atoms. The number of halogens is 2. The predicted molar refractivity (Wildman–Crippen MR) is 105 cm³/mol. The minimum absolute atomic E-state index is 0. The third-order valence-electron chi connectivity index (χ3n) is 3.74. The molecule has 1 saturated heterocycles. The van der Waals surface area contributed by atoms with Gasteiger partial charge >= 0.3 is 0 Å². The fourth-order valence-electron chi connectivity index (χ4n) is 2.50. The molecule has 1 aromatic carbocycles. The summed E-state index contributed by atoms with van der Waals surface area (Å²) in [7, 11) is 1.81. The standard InChI is InChI=1S/C16H24FN3S.HI/c1-3-14-12-20(10-11-21-14)16(18-2)19-9-8-13-6-4-5-7-15(13)17;/h4-7,14H,3,8-12H2,1-2H3,(H,18,19);1H. The van der Waals surface area contributed by atoms with Crippen molar-refractivity contribution >= 4 is 41.7 Å². The van der Waals surface area contributed by atoms with Gasteiger partial charge in [-0.05, 0) is 24.5 Å². The van der Waals surface area contributed by atoms with E-state index < -0.39 is 0 Å². The first-order valence-electron chi connectivity index (χ1n) is 7.55. The van der Waals surface area contributed by atoms with Crippen LogP contribution in [0.15, 0.2) is 29.3 Å². The fourth-order valence-corrected chi connectivity index (χ4v) is 3.68. The van der Waals surface area contributed by atoms with E-state index in [1.165, 1.54) is 12.5 Å². The normalized spacial score (nSPS) is 18.8. The Morgan fingerprint density at radius 2 is 2.23 bits per heavy atom. The SMILES string of the molecule is CCC1CN(C(=NC)NCCc2ccccc2F)CCS1.I. The number of thioether (sulfide) groups is 1. The Kier molecular flexibility index (Phi) is 9.16. The number of nitrogens with one attached hydrogen (secondary N) is 1. The average molecular weight is 437 g/mol. The summed E-state index contributed by atoms with van der Waals surface area (Å²) in [5.74, 6) is 1.95.